The molecule has 2 heterocycles. The third kappa shape index (κ3) is 2.89. The zero-order valence-electron chi connectivity index (χ0n) is 11.6. The summed E-state index contributed by atoms with van der Waals surface area (Å²) in [4.78, 5) is 18.5. The summed E-state index contributed by atoms with van der Waals surface area (Å²) < 4.78 is 4.73. The number of hydrogen-bond donors (Lipinski definition) is 0. The van der Waals surface area contributed by atoms with Crippen LogP contribution in [0.4, 0.5) is 5.13 Å². The Morgan fingerprint density at radius 1 is 1.38 bits per heavy atom. The molecule has 0 spiro atoms. The van der Waals surface area contributed by atoms with Crippen LogP contribution in [-0.2, 0) is 17.7 Å². The second kappa shape index (κ2) is 6.03. The number of hydrogen-bond acceptors (Lipinski definition) is 5. The van der Waals surface area contributed by atoms with Crippen LogP contribution in [0.2, 0.25) is 5.15 Å². The number of carbonyl (C=O) groups is 1. The van der Waals surface area contributed by atoms with Gasteiger partial charge in [0.05, 0.1) is 7.11 Å². The van der Waals surface area contributed by atoms with Crippen molar-refractivity contribution in [2.45, 2.75) is 19.4 Å². The average molecular weight is 323 g/mol. The first kappa shape index (κ1) is 14.4. The molecule has 21 heavy (non-hydrogen) atoms. The molecule has 0 aliphatic carbocycles. The van der Waals surface area contributed by atoms with Crippen LogP contribution in [0.3, 0.4) is 0 Å². The number of halogens is 1. The van der Waals surface area contributed by atoms with Crippen LogP contribution in [0.1, 0.15) is 27.2 Å². The Hall–Kier alpha value is -1.59. The maximum absolute atomic E-state index is 11.6. The number of esters is 1. The summed E-state index contributed by atoms with van der Waals surface area (Å²) in [6.07, 6.45) is 2.12. The molecule has 1 aromatic heterocycles. The van der Waals surface area contributed by atoms with Gasteiger partial charge in [0, 0.05) is 13.1 Å². The van der Waals surface area contributed by atoms with Gasteiger partial charge in [0.2, 0.25) is 0 Å². The van der Waals surface area contributed by atoms with Gasteiger partial charge in [-0.1, -0.05) is 47.2 Å². The van der Waals surface area contributed by atoms with E-state index in [4.69, 9.17) is 16.3 Å². The Balaban J connectivity index is 1.89. The van der Waals surface area contributed by atoms with Crippen molar-refractivity contribution in [2.24, 2.45) is 0 Å². The van der Waals surface area contributed by atoms with Crippen molar-refractivity contribution < 1.29 is 9.53 Å². The fraction of sp³-hybridized carbons (Fsp3) is 0.333. The summed E-state index contributed by atoms with van der Waals surface area (Å²) in [5.74, 6) is -0.432. The highest BCUT2D eigenvalue weighted by Crippen LogP contribution is 2.32. The van der Waals surface area contributed by atoms with Crippen LogP contribution >= 0.6 is 22.9 Å². The molecule has 4 nitrogen and oxygen atoms in total. The second-order valence-corrected chi connectivity index (χ2v) is 6.24. The molecule has 0 radical (unpaired) electrons. The third-order valence-electron chi connectivity index (χ3n) is 3.57. The van der Waals surface area contributed by atoms with E-state index in [9.17, 15) is 4.79 Å². The van der Waals surface area contributed by atoms with E-state index in [0.717, 1.165) is 31.1 Å². The van der Waals surface area contributed by atoms with E-state index in [1.165, 1.54) is 29.6 Å². The minimum absolute atomic E-state index is 0.222. The highest BCUT2D eigenvalue weighted by atomic mass is 35.5. The van der Waals surface area contributed by atoms with Crippen molar-refractivity contribution in [1.29, 1.82) is 0 Å². The second-order valence-electron chi connectivity index (χ2n) is 4.90. The SMILES string of the molecule is COC(=O)c1sc(N2CCCc3ccccc3C2)nc1Cl. The maximum Gasteiger partial charge on any atom is 0.351 e. The standard InChI is InChI=1S/C15H15ClN2O2S/c1-20-14(19)12-13(16)17-15(21-12)18-8-4-7-10-5-2-3-6-11(10)9-18/h2-3,5-6H,4,7-9H2,1H3. The Morgan fingerprint density at radius 3 is 2.90 bits per heavy atom. The minimum Gasteiger partial charge on any atom is -0.465 e. The van der Waals surface area contributed by atoms with Crippen LogP contribution in [-0.4, -0.2) is 24.6 Å². The molecular formula is C15H15ClN2O2S. The summed E-state index contributed by atoms with van der Waals surface area (Å²) in [6.45, 7) is 1.69. The molecule has 1 aromatic carbocycles. The van der Waals surface area contributed by atoms with Gasteiger partial charge in [0.15, 0.2) is 15.2 Å². The quantitative estimate of drug-likeness (QED) is 0.793. The van der Waals surface area contributed by atoms with E-state index < -0.39 is 5.97 Å². The average Bonchev–Trinajstić information content (AvgIpc) is 2.76. The summed E-state index contributed by atoms with van der Waals surface area (Å²) in [6, 6.07) is 8.44. The number of methoxy groups -OCH3 is 1. The van der Waals surface area contributed by atoms with Crippen molar-refractivity contribution in [3.8, 4) is 0 Å². The monoisotopic (exact) mass is 322 g/mol. The topological polar surface area (TPSA) is 42.4 Å². The zero-order valence-corrected chi connectivity index (χ0v) is 13.2. The predicted molar refractivity (Wildman–Crippen MR) is 84.3 cm³/mol. The first-order valence-corrected chi connectivity index (χ1v) is 7.95. The molecule has 1 aliphatic rings. The fourth-order valence-corrected chi connectivity index (χ4v) is 3.73. The molecule has 0 atom stereocenters. The number of fused-ring (bicyclic) bond motifs is 1. The van der Waals surface area contributed by atoms with Gasteiger partial charge in [-0.25, -0.2) is 9.78 Å². The van der Waals surface area contributed by atoms with E-state index >= 15 is 0 Å². The predicted octanol–water partition coefficient (Wildman–Crippen LogP) is 3.54. The number of benzene rings is 1. The lowest BCUT2D eigenvalue weighted by Gasteiger charge is -2.19. The Morgan fingerprint density at radius 2 is 2.14 bits per heavy atom. The van der Waals surface area contributed by atoms with Crippen LogP contribution in [0.25, 0.3) is 0 Å². The molecule has 0 saturated carbocycles. The normalized spacial score (nSPS) is 14.5. The Labute approximate surface area is 132 Å². The van der Waals surface area contributed by atoms with E-state index in [1.54, 1.807) is 0 Å². The third-order valence-corrected chi connectivity index (χ3v) is 5.05. The molecule has 0 saturated heterocycles. The Kier molecular flexibility index (Phi) is 4.12. The summed E-state index contributed by atoms with van der Waals surface area (Å²) >= 11 is 7.34. The van der Waals surface area contributed by atoms with Crippen molar-refractivity contribution in [2.75, 3.05) is 18.6 Å². The maximum atomic E-state index is 11.6. The molecule has 0 unspecified atom stereocenters. The summed E-state index contributed by atoms with van der Waals surface area (Å²) in [7, 11) is 1.35. The highest BCUT2D eigenvalue weighted by molar-refractivity contribution is 7.18. The van der Waals surface area contributed by atoms with E-state index in [2.05, 4.69) is 34.1 Å². The van der Waals surface area contributed by atoms with Crippen LogP contribution in [0.5, 0.6) is 0 Å². The molecule has 1 aliphatic heterocycles. The number of nitrogens with zero attached hydrogens (tertiary/aromatic N) is 2. The number of ether oxygens (including phenoxy) is 1. The van der Waals surface area contributed by atoms with Crippen LogP contribution in [0, 0.1) is 0 Å². The number of thiazole rings is 1. The largest absolute Gasteiger partial charge is 0.465 e. The van der Waals surface area contributed by atoms with Gasteiger partial charge >= 0.3 is 5.97 Å². The molecule has 6 heteroatoms. The first-order valence-electron chi connectivity index (χ1n) is 6.75. The van der Waals surface area contributed by atoms with E-state index in [0.29, 0.717) is 4.88 Å². The van der Waals surface area contributed by atoms with Crippen molar-refractivity contribution in [3.05, 3.63) is 45.4 Å². The Bertz CT molecular complexity index is 671. The lowest BCUT2D eigenvalue weighted by Crippen LogP contribution is -2.22. The molecule has 0 N–H and O–H groups in total. The lowest BCUT2D eigenvalue weighted by atomic mass is 10.0. The number of anilines is 1. The summed E-state index contributed by atoms with van der Waals surface area (Å²) in [5, 5.41) is 0.997. The summed E-state index contributed by atoms with van der Waals surface area (Å²) in [5.41, 5.74) is 2.69. The fourth-order valence-electron chi connectivity index (χ4n) is 2.51. The highest BCUT2D eigenvalue weighted by Gasteiger charge is 2.22. The van der Waals surface area contributed by atoms with Crippen LogP contribution < -0.4 is 4.90 Å². The number of rotatable bonds is 2. The molecule has 0 bridgehead atoms. The number of carbonyl (C=O) groups excluding carboxylic acids is 1. The molecular weight excluding hydrogens is 308 g/mol. The van der Waals surface area contributed by atoms with Crippen molar-refractivity contribution >= 4 is 34.0 Å². The molecule has 110 valence electrons. The lowest BCUT2D eigenvalue weighted by molar-refractivity contribution is 0.0606. The van der Waals surface area contributed by atoms with E-state index in [-0.39, 0.29) is 5.15 Å². The molecule has 2 aromatic rings. The zero-order chi connectivity index (χ0) is 14.8. The van der Waals surface area contributed by atoms with Crippen molar-refractivity contribution in [3.63, 3.8) is 0 Å². The smallest absolute Gasteiger partial charge is 0.351 e. The van der Waals surface area contributed by atoms with E-state index in [1.807, 2.05) is 0 Å². The number of aryl methyl sites for hydroxylation is 1. The van der Waals surface area contributed by atoms with Gasteiger partial charge in [-0.05, 0) is 24.0 Å². The van der Waals surface area contributed by atoms with Gasteiger partial charge in [-0.2, -0.15) is 0 Å². The number of aromatic nitrogens is 1. The molecule has 0 amide bonds. The van der Waals surface area contributed by atoms with Gasteiger partial charge in [-0.15, -0.1) is 0 Å². The van der Waals surface area contributed by atoms with Crippen molar-refractivity contribution in [1.82, 2.24) is 4.98 Å². The van der Waals surface area contributed by atoms with Gasteiger partial charge in [0.1, 0.15) is 0 Å². The molecule has 3 rings (SSSR count). The van der Waals surface area contributed by atoms with Crippen LogP contribution in [0.15, 0.2) is 24.3 Å². The van der Waals surface area contributed by atoms with Gasteiger partial charge in [0.25, 0.3) is 0 Å². The van der Waals surface area contributed by atoms with Gasteiger partial charge < -0.3 is 9.64 Å². The van der Waals surface area contributed by atoms with Gasteiger partial charge in [-0.3, -0.25) is 0 Å². The molecule has 0 fully saturated rings. The minimum atomic E-state index is -0.432. The first-order chi connectivity index (χ1) is 10.2.